The van der Waals surface area contributed by atoms with Gasteiger partial charge in [0.05, 0.1) is 16.3 Å². The smallest absolute Gasteiger partial charge is 0.261 e. The van der Waals surface area contributed by atoms with Gasteiger partial charge in [-0.1, -0.05) is 40.9 Å². The van der Waals surface area contributed by atoms with Crippen molar-refractivity contribution in [3.05, 3.63) is 87.1 Å². The predicted octanol–water partition coefficient (Wildman–Crippen LogP) is 5.77. The Hall–Kier alpha value is -2.41. The highest BCUT2D eigenvalue weighted by Crippen LogP contribution is 2.28. The molecule has 8 nitrogen and oxygen atoms in total. The van der Waals surface area contributed by atoms with E-state index in [1.165, 1.54) is 58.9 Å². The van der Waals surface area contributed by atoms with E-state index in [1.807, 2.05) is 0 Å². The quantitative estimate of drug-likeness (QED) is 0.327. The van der Waals surface area contributed by atoms with Crippen molar-refractivity contribution in [3.63, 3.8) is 0 Å². The zero-order chi connectivity index (χ0) is 28.4. The number of hydrogen-bond acceptors (Lipinski definition) is 5. The van der Waals surface area contributed by atoms with E-state index in [2.05, 4.69) is 10.0 Å². The van der Waals surface area contributed by atoms with Crippen LogP contribution >= 0.6 is 34.8 Å². The molecule has 1 amide bonds. The van der Waals surface area contributed by atoms with Gasteiger partial charge in [0.1, 0.15) is 5.82 Å². The summed E-state index contributed by atoms with van der Waals surface area (Å²) in [7, 11) is -7.77. The second kappa shape index (κ2) is 12.0. The van der Waals surface area contributed by atoms with Gasteiger partial charge < -0.3 is 5.32 Å². The van der Waals surface area contributed by atoms with Gasteiger partial charge in [-0.05, 0) is 67.4 Å². The highest BCUT2D eigenvalue weighted by Gasteiger charge is 2.32. The molecule has 0 aliphatic carbocycles. The van der Waals surface area contributed by atoms with Crippen LogP contribution in [0, 0.1) is 11.7 Å². The Labute approximate surface area is 241 Å². The number of carbonyl (C=O) groups excluding carboxylic acids is 1. The Morgan fingerprint density at radius 3 is 2.10 bits per heavy atom. The van der Waals surface area contributed by atoms with Crippen LogP contribution in [0.15, 0.2) is 65.6 Å². The van der Waals surface area contributed by atoms with Gasteiger partial charge in [0, 0.05) is 45.3 Å². The van der Waals surface area contributed by atoms with Crippen molar-refractivity contribution in [3.8, 4) is 0 Å². The number of nitrogens with one attached hydrogen (secondary N) is 2. The average Bonchev–Trinajstić information content (AvgIpc) is 2.86. The number of sulfonamides is 2. The molecule has 0 radical (unpaired) electrons. The van der Waals surface area contributed by atoms with E-state index >= 15 is 0 Å². The number of nitrogens with zero attached hydrogens (tertiary/aromatic N) is 1. The van der Waals surface area contributed by atoms with Gasteiger partial charge in [-0.15, -0.1) is 0 Å². The molecule has 0 bridgehead atoms. The summed E-state index contributed by atoms with van der Waals surface area (Å²) in [5.74, 6) is -2.02. The van der Waals surface area contributed by atoms with Crippen molar-refractivity contribution in [2.75, 3.05) is 23.1 Å². The molecule has 0 spiro atoms. The third kappa shape index (κ3) is 7.41. The summed E-state index contributed by atoms with van der Waals surface area (Å²) >= 11 is 17.8. The van der Waals surface area contributed by atoms with Crippen LogP contribution in [0.4, 0.5) is 15.8 Å². The van der Waals surface area contributed by atoms with E-state index in [9.17, 15) is 26.0 Å². The van der Waals surface area contributed by atoms with E-state index in [-0.39, 0.29) is 63.1 Å². The van der Waals surface area contributed by atoms with Gasteiger partial charge >= 0.3 is 0 Å². The summed E-state index contributed by atoms with van der Waals surface area (Å²) in [5.41, 5.74) is 0.500. The maximum absolute atomic E-state index is 14.1. The van der Waals surface area contributed by atoms with Crippen molar-refractivity contribution in [1.29, 1.82) is 0 Å². The molecule has 1 heterocycles. The average molecular weight is 635 g/mol. The molecule has 3 aromatic carbocycles. The topological polar surface area (TPSA) is 113 Å². The second-order valence-corrected chi connectivity index (χ2v) is 13.8. The predicted molar refractivity (Wildman–Crippen MR) is 151 cm³/mol. The van der Waals surface area contributed by atoms with Crippen LogP contribution in [0.25, 0.3) is 0 Å². The summed E-state index contributed by atoms with van der Waals surface area (Å²) in [5, 5.41) is 3.33. The molecule has 14 heteroatoms. The zero-order valence-electron chi connectivity index (χ0n) is 20.2. The zero-order valence-corrected chi connectivity index (χ0v) is 24.1. The van der Waals surface area contributed by atoms with E-state index in [1.54, 1.807) is 0 Å². The molecule has 1 aliphatic rings. The third-order valence-corrected chi connectivity index (χ3v) is 10.1. The SMILES string of the molecule is O=C(Nc1ccc(S(=O)(=O)Nc2cc(Cl)cc(Cl)c2)cc1)C1CCN(S(=O)(=O)Cc2c(F)cccc2Cl)CC1. The maximum atomic E-state index is 14.1. The molecule has 1 fully saturated rings. The van der Waals surface area contributed by atoms with Gasteiger partial charge in [-0.25, -0.2) is 25.5 Å². The van der Waals surface area contributed by atoms with E-state index < -0.39 is 37.5 Å². The lowest BCUT2D eigenvalue weighted by atomic mass is 9.97. The monoisotopic (exact) mass is 633 g/mol. The lowest BCUT2D eigenvalue weighted by Gasteiger charge is -2.30. The highest BCUT2D eigenvalue weighted by atomic mass is 35.5. The number of hydrogen-bond donors (Lipinski definition) is 2. The van der Waals surface area contributed by atoms with Crippen molar-refractivity contribution in [2.45, 2.75) is 23.5 Å². The molecule has 1 saturated heterocycles. The number of anilines is 2. The summed E-state index contributed by atoms with van der Waals surface area (Å²) in [6, 6.07) is 13.9. The fourth-order valence-corrected chi connectivity index (χ4v) is 7.61. The minimum Gasteiger partial charge on any atom is -0.326 e. The summed E-state index contributed by atoms with van der Waals surface area (Å²) < 4.78 is 68.8. The van der Waals surface area contributed by atoms with Gasteiger partial charge in [-0.3, -0.25) is 9.52 Å². The van der Waals surface area contributed by atoms with Crippen LogP contribution < -0.4 is 10.0 Å². The van der Waals surface area contributed by atoms with E-state index in [0.29, 0.717) is 5.69 Å². The number of halogens is 4. The highest BCUT2D eigenvalue weighted by molar-refractivity contribution is 7.92. The summed E-state index contributed by atoms with van der Waals surface area (Å²) in [6.45, 7) is 0.200. The number of piperidine rings is 1. The fraction of sp³-hybridized carbons (Fsp3) is 0.240. The largest absolute Gasteiger partial charge is 0.326 e. The molecule has 4 rings (SSSR count). The first-order valence-electron chi connectivity index (χ1n) is 11.6. The molecule has 0 atom stereocenters. The number of carbonyl (C=O) groups is 1. The maximum Gasteiger partial charge on any atom is 0.261 e. The lowest BCUT2D eigenvalue weighted by molar-refractivity contribution is -0.120. The Morgan fingerprint density at radius 2 is 1.51 bits per heavy atom. The standard InChI is InChI=1S/C25H23Cl3FN3O5S2/c26-17-12-18(27)14-20(13-17)31-39(36,37)21-6-4-19(5-7-21)30-25(33)16-8-10-32(11-9-16)38(34,35)15-22-23(28)2-1-3-24(22)29/h1-7,12-14,16,31H,8-11,15H2,(H,30,33). The minimum atomic E-state index is -3.93. The first kappa shape index (κ1) is 29.6. The van der Waals surface area contributed by atoms with Crippen molar-refractivity contribution in [2.24, 2.45) is 5.92 Å². The van der Waals surface area contributed by atoms with Crippen LogP contribution in [-0.4, -0.2) is 40.1 Å². The molecule has 39 heavy (non-hydrogen) atoms. The molecule has 0 unspecified atom stereocenters. The van der Waals surface area contributed by atoms with Crippen molar-refractivity contribution < 1.29 is 26.0 Å². The molecule has 0 saturated carbocycles. The number of benzene rings is 3. The Balaban J connectivity index is 1.33. The third-order valence-electron chi connectivity index (χ3n) is 6.15. The van der Waals surface area contributed by atoms with Crippen LogP contribution in [0.1, 0.15) is 18.4 Å². The van der Waals surface area contributed by atoms with Gasteiger partial charge in [0.15, 0.2) is 0 Å². The molecule has 208 valence electrons. The van der Waals surface area contributed by atoms with Gasteiger partial charge in [0.2, 0.25) is 15.9 Å². The first-order chi connectivity index (χ1) is 18.3. The van der Waals surface area contributed by atoms with Crippen molar-refractivity contribution >= 4 is 72.1 Å². The molecular formula is C25H23Cl3FN3O5S2. The molecular weight excluding hydrogens is 612 g/mol. The second-order valence-electron chi connectivity index (χ2n) is 8.91. The molecule has 3 aromatic rings. The fourth-order valence-electron chi connectivity index (χ4n) is 4.13. The van der Waals surface area contributed by atoms with Crippen LogP contribution in [0.2, 0.25) is 15.1 Å². The Kier molecular flexibility index (Phi) is 9.09. The van der Waals surface area contributed by atoms with Crippen LogP contribution in [0.5, 0.6) is 0 Å². The Bertz CT molecular complexity index is 1560. The first-order valence-corrected chi connectivity index (χ1v) is 15.9. The van der Waals surface area contributed by atoms with Crippen LogP contribution in [0.3, 0.4) is 0 Å². The number of rotatable bonds is 8. The minimum absolute atomic E-state index is 0.0370. The summed E-state index contributed by atoms with van der Waals surface area (Å²) in [6.07, 6.45) is 0.545. The van der Waals surface area contributed by atoms with E-state index in [4.69, 9.17) is 34.8 Å². The van der Waals surface area contributed by atoms with Gasteiger partial charge in [-0.2, -0.15) is 0 Å². The summed E-state index contributed by atoms with van der Waals surface area (Å²) in [4.78, 5) is 12.8. The van der Waals surface area contributed by atoms with Crippen molar-refractivity contribution in [1.82, 2.24) is 4.31 Å². The normalized spacial score (nSPS) is 15.2. The Morgan fingerprint density at radius 1 is 0.897 bits per heavy atom. The van der Waals surface area contributed by atoms with Gasteiger partial charge in [0.25, 0.3) is 10.0 Å². The molecule has 1 aliphatic heterocycles. The van der Waals surface area contributed by atoms with E-state index in [0.717, 1.165) is 6.07 Å². The molecule has 2 N–H and O–H groups in total. The lowest BCUT2D eigenvalue weighted by Crippen LogP contribution is -2.42. The molecule has 0 aromatic heterocycles. The number of amides is 1. The van der Waals surface area contributed by atoms with Crippen LogP contribution in [-0.2, 0) is 30.6 Å².